The van der Waals surface area contributed by atoms with E-state index in [-0.39, 0.29) is 0 Å². The molecular formula is C35H36. The molecule has 0 nitrogen and oxygen atoms in total. The van der Waals surface area contributed by atoms with Gasteiger partial charge in [-0.1, -0.05) is 78.2 Å². The summed E-state index contributed by atoms with van der Waals surface area (Å²) < 4.78 is 0. The highest BCUT2D eigenvalue weighted by molar-refractivity contribution is 5.83. The number of hydrogen-bond acceptors (Lipinski definition) is 0. The Kier molecular flexibility index (Phi) is 5.26. The van der Waals surface area contributed by atoms with Crippen molar-refractivity contribution in [1.82, 2.24) is 0 Å². The molecule has 1 saturated carbocycles. The molecular weight excluding hydrogens is 420 g/mol. The lowest BCUT2D eigenvalue weighted by molar-refractivity contribution is 0.616. The molecule has 0 spiro atoms. The summed E-state index contributed by atoms with van der Waals surface area (Å²) in [6.07, 6.45) is 3.94. The van der Waals surface area contributed by atoms with Crippen LogP contribution in [0.4, 0.5) is 0 Å². The van der Waals surface area contributed by atoms with Crippen molar-refractivity contribution in [2.45, 2.75) is 72.6 Å². The zero-order valence-corrected chi connectivity index (χ0v) is 22.0. The van der Waals surface area contributed by atoms with Crippen LogP contribution in [-0.2, 0) is 0 Å². The highest BCUT2D eigenvalue weighted by atomic mass is 14.4. The van der Waals surface area contributed by atoms with Gasteiger partial charge in [-0.05, 0) is 133 Å². The van der Waals surface area contributed by atoms with Gasteiger partial charge in [0.25, 0.3) is 0 Å². The van der Waals surface area contributed by atoms with Gasteiger partial charge in [0.2, 0.25) is 0 Å². The smallest absolute Gasteiger partial charge is 0.00865 e. The SMILES string of the molecule is Cc1cc(C)c(-c2ccc3c(c2)C2CCCC2c2cc(-c4c(C)cc(C)cc4C)ccc2-3)c(C)c1. The molecule has 2 aliphatic carbocycles. The predicted octanol–water partition coefficient (Wildman–Crippen LogP) is 9.90. The first-order chi connectivity index (χ1) is 16.8. The van der Waals surface area contributed by atoms with Gasteiger partial charge in [-0.25, -0.2) is 0 Å². The van der Waals surface area contributed by atoms with E-state index in [2.05, 4.69) is 102 Å². The van der Waals surface area contributed by atoms with Crippen molar-refractivity contribution in [3.8, 4) is 33.4 Å². The maximum atomic E-state index is 2.54. The molecule has 0 heterocycles. The number of hydrogen-bond donors (Lipinski definition) is 0. The van der Waals surface area contributed by atoms with Gasteiger partial charge in [0, 0.05) is 0 Å². The van der Waals surface area contributed by atoms with Crippen molar-refractivity contribution >= 4 is 0 Å². The topological polar surface area (TPSA) is 0 Å². The van der Waals surface area contributed by atoms with Gasteiger partial charge in [0.05, 0.1) is 0 Å². The number of fused-ring (bicyclic) bond motifs is 6. The van der Waals surface area contributed by atoms with E-state index in [9.17, 15) is 0 Å². The Labute approximate surface area is 211 Å². The third-order valence-corrected chi connectivity index (χ3v) is 8.64. The zero-order valence-electron chi connectivity index (χ0n) is 22.0. The van der Waals surface area contributed by atoms with Crippen LogP contribution < -0.4 is 0 Å². The van der Waals surface area contributed by atoms with Crippen LogP contribution >= 0.6 is 0 Å². The molecule has 0 N–H and O–H groups in total. The molecule has 4 aromatic carbocycles. The van der Waals surface area contributed by atoms with Crippen LogP contribution in [0, 0.1) is 41.5 Å². The molecule has 0 bridgehead atoms. The van der Waals surface area contributed by atoms with E-state index in [1.165, 1.54) is 86.0 Å². The fourth-order valence-electron chi connectivity index (χ4n) is 7.52. The van der Waals surface area contributed by atoms with E-state index >= 15 is 0 Å². The Balaban J connectivity index is 1.51. The van der Waals surface area contributed by atoms with Crippen molar-refractivity contribution in [1.29, 1.82) is 0 Å². The van der Waals surface area contributed by atoms with E-state index in [1.54, 1.807) is 11.1 Å². The molecule has 1 fully saturated rings. The molecule has 176 valence electrons. The molecule has 2 atom stereocenters. The average Bonchev–Trinajstić information content (AvgIpc) is 3.28. The van der Waals surface area contributed by atoms with Crippen LogP contribution in [0.15, 0.2) is 60.7 Å². The fourth-order valence-corrected chi connectivity index (χ4v) is 7.52. The first-order valence-electron chi connectivity index (χ1n) is 13.3. The van der Waals surface area contributed by atoms with E-state index in [4.69, 9.17) is 0 Å². The van der Waals surface area contributed by atoms with Gasteiger partial charge >= 0.3 is 0 Å². The minimum atomic E-state index is 0.638. The average molecular weight is 457 g/mol. The third-order valence-electron chi connectivity index (χ3n) is 8.64. The van der Waals surface area contributed by atoms with E-state index < -0.39 is 0 Å². The largest absolute Gasteiger partial charge is 0.0557 e. The standard InChI is InChI=1S/C35H36/c1-20-14-22(3)34(23(4)15-20)26-10-12-30-31-13-11-27(35-24(5)16-21(2)17-25(35)6)19-33(31)29-9-7-8-28(29)32(30)18-26/h10-19,28-29H,7-9H2,1-6H3. The summed E-state index contributed by atoms with van der Waals surface area (Å²) in [6, 6.07) is 23.9. The molecule has 2 unspecified atom stereocenters. The van der Waals surface area contributed by atoms with Crippen molar-refractivity contribution in [3.05, 3.63) is 105 Å². The van der Waals surface area contributed by atoms with Crippen LogP contribution in [0.3, 0.4) is 0 Å². The first kappa shape index (κ1) is 22.4. The molecule has 0 aliphatic heterocycles. The quantitative estimate of drug-likeness (QED) is 0.281. The van der Waals surface area contributed by atoms with Gasteiger partial charge < -0.3 is 0 Å². The van der Waals surface area contributed by atoms with E-state index in [0.29, 0.717) is 11.8 Å². The number of rotatable bonds is 2. The molecule has 0 radical (unpaired) electrons. The highest BCUT2D eigenvalue weighted by Gasteiger charge is 2.37. The van der Waals surface area contributed by atoms with Crippen LogP contribution in [0.1, 0.15) is 75.6 Å². The molecule has 6 rings (SSSR count). The highest BCUT2D eigenvalue weighted by Crippen LogP contribution is 2.56. The Morgan fingerprint density at radius 2 is 0.857 bits per heavy atom. The molecule has 0 aromatic heterocycles. The number of aryl methyl sites for hydroxylation is 6. The van der Waals surface area contributed by atoms with Gasteiger partial charge in [-0.2, -0.15) is 0 Å². The lowest BCUT2D eigenvalue weighted by Gasteiger charge is -2.32. The Bertz CT molecular complexity index is 1320. The lowest BCUT2D eigenvalue weighted by atomic mass is 9.71. The maximum Gasteiger partial charge on any atom is -0.00865 e. The van der Waals surface area contributed by atoms with Gasteiger partial charge in [0.15, 0.2) is 0 Å². The van der Waals surface area contributed by atoms with Crippen molar-refractivity contribution in [2.24, 2.45) is 0 Å². The summed E-state index contributed by atoms with van der Waals surface area (Å²) >= 11 is 0. The molecule has 35 heavy (non-hydrogen) atoms. The second-order valence-corrected chi connectivity index (χ2v) is 11.3. The predicted molar refractivity (Wildman–Crippen MR) is 151 cm³/mol. The normalized spacial score (nSPS) is 18.2. The summed E-state index contributed by atoms with van der Waals surface area (Å²) in [5, 5.41) is 0. The summed E-state index contributed by atoms with van der Waals surface area (Å²) in [4.78, 5) is 0. The zero-order chi connectivity index (χ0) is 24.4. The Morgan fingerprint density at radius 1 is 0.486 bits per heavy atom. The summed E-state index contributed by atoms with van der Waals surface area (Å²) in [5.74, 6) is 1.28. The Hall–Kier alpha value is -3.12. The van der Waals surface area contributed by atoms with Crippen LogP contribution in [0.25, 0.3) is 33.4 Å². The van der Waals surface area contributed by atoms with Crippen molar-refractivity contribution < 1.29 is 0 Å². The Morgan fingerprint density at radius 3 is 1.23 bits per heavy atom. The molecule has 0 heteroatoms. The monoisotopic (exact) mass is 456 g/mol. The maximum absolute atomic E-state index is 2.54. The van der Waals surface area contributed by atoms with Crippen molar-refractivity contribution in [3.63, 3.8) is 0 Å². The van der Waals surface area contributed by atoms with Crippen LogP contribution in [0.2, 0.25) is 0 Å². The summed E-state index contributed by atoms with van der Waals surface area (Å²) in [5.41, 5.74) is 19.9. The lowest BCUT2D eigenvalue weighted by Crippen LogP contribution is -2.13. The first-order valence-corrected chi connectivity index (χ1v) is 13.3. The summed E-state index contributed by atoms with van der Waals surface area (Å²) in [6.45, 7) is 13.4. The molecule has 4 aromatic rings. The van der Waals surface area contributed by atoms with E-state index in [1.807, 2.05) is 0 Å². The minimum absolute atomic E-state index is 0.638. The third kappa shape index (κ3) is 3.57. The fraction of sp³-hybridized carbons (Fsp3) is 0.314. The van der Waals surface area contributed by atoms with Gasteiger partial charge in [0.1, 0.15) is 0 Å². The van der Waals surface area contributed by atoms with Crippen LogP contribution in [0.5, 0.6) is 0 Å². The second-order valence-electron chi connectivity index (χ2n) is 11.3. The van der Waals surface area contributed by atoms with Crippen LogP contribution in [-0.4, -0.2) is 0 Å². The van der Waals surface area contributed by atoms with Crippen molar-refractivity contribution in [2.75, 3.05) is 0 Å². The molecule has 2 aliphatic rings. The van der Waals surface area contributed by atoms with Gasteiger partial charge in [-0.3, -0.25) is 0 Å². The van der Waals surface area contributed by atoms with Gasteiger partial charge in [-0.15, -0.1) is 0 Å². The summed E-state index contributed by atoms with van der Waals surface area (Å²) in [7, 11) is 0. The van der Waals surface area contributed by atoms with E-state index in [0.717, 1.165) is 0 Å². The minimum Gasteiger partial charge on any atom is -0.0557 e. The molecule has 0 saturated heterocycles. The number of benzene rings is 4. The molecule has 0 amide bonds. The second kappa shape index (κ2) is 8.23.